The molecule has 0 rings (SSSR count). The van der Waals surface area contributed by atoms with E-state index in [0.29, 0.717) is 0 Å². The van der Waals surface area contributed by atoms with Crippen LogP contribution in [0.2, 0.25) is 0 Å². The molecular formula is H2O3PSc+. The summed E-state index contributed by atoms with van der Waals surface area (Å²) in [6, 6.07) is 0. The zero-order valence-corrected chi connectivity index (χ0v) is 5.02. The molecule has 0 aromatic carbocycles. The topological polar surface area (TPSA) is 57.5 Å². The van der Waals surface area contributed by atoms with Crippen LogP contribution < -0.4 is 0 Å². The van der Waals surface area contributed by atoms with Crippen molar-refractivity contribution in [1.82, 2.24) is 0 Å². The summed E-state index contributed by atoms with van der Waals surface area (Å²) in [4.78, 5) is 14.2. The first-order valence-corrected chi connectivity index (χ1v) is 1.75. The van der Waals surface area contributed by atoms with Gasteiger partial charge in [-0.2, -0.15) is 0 Å². The molecule has 0 saturated carbocycles. The molecule has 0 saturated heterocycles. The van der Waals surface area contributed by atoms with E-state index in [1.807, 2.05) is 0 Å². The predicted molar refractivity (Wildman–Crippen MR) is 12.0 cm³/mol. The van der Waals surface area contributed by atoms with Crippen LogP contribution in [0, 0.1) is 0 Å². The van der Waals surface area contributed by atoms with Crippen molar-refractivity contribution in [1.29, 1.82) is 0 Å². The van der Waals surface area contributed by atoms with Crippen molar-refractivity contribution < 1.29 is 40.2 Å². The summed E-state index contributed by atoms with van der Waals surface area (Å²) in [5, 5.41) is 0. The molecule has 0 bridgehead atoms. The first-order valence-electron chi connectivity index (χ1n) is 0.583. The number of hydrogen-bond acceptors (Lipinski definition) is 1. The van der Waals surface area contributed by atoms with Crippen molar-refractivity contribution in [2.75, 3.05) is 0 Å². The van der Waals surface area contributed by atoms with E-state index < -0.39 is 8.25 Å². The molecule has 0 aromatic heterocycles. The monoisotopic (exact) mass is 126 g/mol. The van der Waals surface area contributed by atoms with E-state index in [9.17, 15) is 0 Å². The maximum atomic E-state index is 8.70. The van der Waals surface area contributed by atoms with E-state index in [2.05, 4.69) is 0 Å². The first kappa shape index (κ1) is 9.31. The number of hydrogen-bond donors (Lipinski definition) is 2. The normalized spacial score (nSPS) is 5.20. The van der Waals surface area contributed by atoms with Crippen molar-refractivity contribution in [2.24, 2.45) is 0 Å². The molecule has 0 aliphatic carbocycles. The Bertz CT molecular complexity index is 29.9. The summed E-state index contributed by atoms with van der Waals surface area (Å²) in [6.45, 7) is 0. The van der Waals surface area contributed by atoms with Crippen LogP contribution in [0.1, 0.15) is 0 Å². The van der Waals surface area contributed by atoms with Crippen molar-refractivity contribution >= 4 is 8.25 Å². The average Bonchev–Trinajstić information content (AvgIpc) is 0.811. The van der Waals surface area contributed by atoms with E-state index in [1.165, 1.54) is 0 Å². The predicted octanol–water partition coefficient (Wildman–Crippen LogP) is -0.374. The zero-order valence-electron chi connectivity index (χ0n) is 2.33. The van der Waals surface area contributed by atoms with Gasteiger partial charge in [0.2, 0.25) is 0 Å². The van der Waals surface area contributed by atoms with Gasteiger partial charge < -0.3 is 0 Å². The molecule has 5 heteroatoms. The fourth-order valence-electron chi connectivity index (χ4n) is 0. The van der Waals surface area contributed by atoms with Crippen LogP contribution in [-0.2, 0) is 30.4 Å². The van der Waals surface area contributed by atoms with Gasteiger partial charge in [-0.1, -0.05) is 0 Å². The van der Waals surface area contributed by atoms with Crippen LogP contribution in [0.15, 0.2) is 0 Å². The summed E-state index contributed by atoms with van der Waals surface area (Å²) >= 11 is 0. The summed E-state index contributed by atoms with van der Waals surface area (Å²) in [5.74, 6) is 0. The van der Waals surface area contributed by atoms with E-state index in [4.69, 9.17) is 14.4 Å². The van der Waals surface area contributed by atoms with Crippen molar-refractivity contribution in [2.45, 2.75) is 0 Å². The third-order valence-corrected chi connectivity index (χ3v) is 0. The second-order valence-corrected chi connectivity index (χ2v) is 0.758. The van der Waals surface area contributed by atoms with Crippen LogP contribution in [0.3, 0.4) is 0 Å². The van der Waals surface area contributed by atoms with Crippen LogP contribution in [0.25, 0.3) is 0 Å². The summed E-state index contributed by atoms with van der Waals surface area (Å²) < 4.78 is 8.70. The van der Waals surface area contributed by atoms with Gasteiger partial charge in [0.15, 0.2) is 0 Å². The van der Waals surface area contributed by atoms with E-state index in [0.717, 1.165) is 0 Å². The van der Waals surface area contributed by atoms with Crippen LogP contribution in [0.4, 0.5) is 0 Å². The third kappa shape index (κ3) is 51.6. The van der Waals surface area contributed by atoms with Gasteiger partial charge in [-0.05, 0) is 0 Å². The fraction of sp³-hybridized carbons (Fsp3) is 0. The van der Waals surface area contributed by atoms with E-state index in [-0.39, 0.29) is 25.8 Å². The molecule has 2 N–H and O–H groups in total. The van der Waals surface area contributed by atoms with Crippen LogP contribution in [-0.4, -0.2) is 9.79 Å². The molecule has 0 fully saturated rings. The van der Waals surface area contributed by atoms with Crippen molar-refractivity contribution in [3.05, 3.63) is 0 Å². The van der Waals surface area contributed by atoms with Gasteiger partial charge in [0, 0.05) is 30.4 Å². The second-order valence-electron chi connectivity index (χ2n) is 0.253. The van der Waals surface area contributed by atoms with E-state index in [1.54, 1.807) is 0 Å². The molecule has 0 spiro atoms. The van der Waals surface area contributed by atoms with Crippen molar-refractivity contribution in [3.63, 3.8) is 0 Å². The molecule has 0 aliphatic heterocycles. The third-order valence-electron chi connectivity index (χ3n) is 0. The summed E-state index contributed by atoms with van der Waals surface area (Å²) in [6.07, 6.45) is 0. The smallest absolute Gasteiger partial charge is 0.134 e. The van der Waals surface area contributed by atoms with Crippen LogP contribution in [0.5, 0.6) is 0 Å². The largest absolute Gasteiger partial charge is 0.692 e. The molecule has 3 nitrogen and oxygen atoms in total. The molecule has 5 heavy (non-hydrogen) atoms. The fourth-order valence-corrected chi connectivity index (χ4v) is 0. The maximum absolute atomic E-state index is 8.70. The van der Waals surface area contributed by atoms with Gasteiger partial charge in [-0.3, -0.25) is 0 Å². The molecule has 0 aliphatic rings. The Balaban J connectivity index is 0. The van der Waals surface area contributed by atoms with Gasteiger partial charge in [-0.25, -0.2) is 0 Å². The van der Waals surface area contributed by atoms with Gasteiger partial charge in [0.05, 0.1) is 0 Å². The SMILES string of the molecule is O=[P+](O)O.[Sc]. The summed E-state index contributed by atoms with van der Waals surface area (Å²) in [5.41, 5.74) is 0. The van der Waals surface area contributed by atoms with Gasteiger partial charge in [0.1, 0.15) is 0 Å². The second kappa shape index (κ2) is 4.89. The molecular weight excluding hydrogens is 124 g/mol. The van der Waals surface area contributed by atoms with Gasteiger partial charge in [0.25, 0.3) is 0 Å². The molecule has 0 atom stereocenters. The molecule has 0 heterocycles. The Hall–Kier alpha value is 0.890. The minimum absolute atomic E-state index is 0. The standard InChI is InChI=1S/HO3P.Sc/c1-4(2)3;/h(H-,1,2,3);/p+1. The molecule has 0 aromatic rings. The Kier molecular flexibility index (Phi) is 9.10. The molecule has 27 valence electrons. The van der Waals surface area contributed by atoms with Crippen molar-refractivity contribution in [3.8, 4) is 0 Å². The first-order chi connectivity index (χ1) is 1.73. The van der Waals surface area contributed by atoms with Gasteiger partial charge in [-0.15, -0.1) is 9.79 Å². The molecule has 1 radical (unpaired) electrons. The zero-order chi connectivity index (χ0) is 3.58. The Labute approximate surface area is 48.7 Å². The van der Waals surface area contributed by atoms with Gasteiger partial charge >= 0.3 is 8.25 Å². The molecule has 0 unspecified atom stereocenters. The minimum atomic E-state index is -2.87. The Morgan fingerprint density at radius 2 is 1.40 bits per heavy atom. The average molecular weight is 126 g/mol. The minimum Gasteiger partial charge on any atom is -0.134 e. The van der Waals surface area contributed by atoms with E-state index >= 15 is 0 Å². The maximum Gasteiger partial charge on any atom is 0.692 e. The number of rotatable bonds is 0. The Morgan fingerprint density at radius 1 is 1.40 bits per heavy atom. The molecule has 0 amide bonds. The van der Waals surface area contributed by atoms with Crippen LogP contribution >= 0.6 is 8.25 Å². The quantitative estimate of drug-likeness (QED) is 0.435. The Morgan fingerprint density at radius 3 is 1.40 bits per heavy atom. The summed E-state index contributed by atoms with van der Waals surface area (Å²) in [7, 11) is -2.87.